The van der Waals surface area contributed by atoms with Crippen LogP contribution in [0.15, 0.2) is 54.9 Å². The summed E-state index contributed by atoms with van der Waals surface area (Å²) in [5, 5.41) is 9.01. The summed E-state index contributed by atoms with van der Waals surface area (Å²) in [7, 11) is -3.95. The number of sulfonamides is 1. The van der Waals surface area contributed by atoms with Gasteiger partial charge in [0.1, 0.15) is 11.3 Å². The first kappa shape index (κ1) is 15.7. The Morgan fingerprint density at radius 1 is 1.21 bits per heavy atom. The molecule has 1 N–H and O–H groups in total. The van der Waals surface area contributed by atoms with Crippen LogP contribution in [0.1, 0.15) is 21.6 Å². The average molecular weight is 340 g/mol. The molecule has 1 aromatic carbocycles. The van der Waals surface area contributed by atoms with Gasteiger partial charge in [0, 0.05) is 12.4 Å². The molecule has 0 spiro atoms. The summed E-state index contributed by atoms with van der Waals surface area (Å²) in [4.78, 5) is 16.2. The molecule has 7 nitrogen and oxygen atoms in total. The van der Waals surface area contributed by atoms with Crippen molar-refractivity contribution in [1.82, 2.24) is 14.1 Å². The van der Waals surface area contributed by atoms with Crippen molar-refractivity contribution in [2.24, 2.45) is 0 Å². The second kappa shape index (κ2) is 6.14. The molecule has 2 heterocycles. The van der Waals surface area contributed by atoms with Crippen LogP contribution in [0, 0.1) is 11.3 Å². The predicted molar refractivity (Wildman–Crippen MR) is 86.4 cm³/mol. The predicted octanol–water partition coefficient (Wildman–Crippen LogP) is 1.47. The number of nitriles is 1. The van der Waals surface area contributed by atoms with E-state index < -0.39 is 21.7 Å². The van der Waals surface area contributed by atoms with E-state index in [1.54, 1.807) is 40.9 Å². The van der Waals surface area contributed by atoms with Crippen molar-refractivity contribution in [2.45, 2.75) is 5.75 Å². The fraction of sp³-hybridized carbons (Fsp3) is 0.0625. The maximum Gasteiger partial charge on any atom is 0.284 e. The van der Waals surface area contributed by atoms with Crippen LogP contribution in [0.5, 0.6) is 0 Å². The lowest BCUT2D eigenvalue weighted by atomic mass is 10.1. The Labute approximate surface area is 138 Å². The van der Waals surface area contributed by atoms with Gasteiger partial charge >= 0.3 is 0 Å². The molecule has 0 aliphatic carbocycles. The van der Waals surface area contributed by atoms with E-state index in [4.69, 9.17) is 5.26 Å². The SMILES string of the molecule is N#Cc1ccccc1CS(=O)(=O)NC(=O)c1cn2ccccc2n1. The first-order chi connectivity index (χ1) is 11.5. The number of fused-ring (bicyclic) bond motifs is 1. The molecular formula is C16H12N4O3S. The minimum absolute atomic E-state index is 0.00153. The normalized spacial score (nSPS) is 11.1. The highest BCUT2D eigenvalue weighted by atomic mass is 32.2. The maximum absolute atomic E-state index is 12.2. The number of pyridine rings is 1. The number of hydrogen-bond donors (Lipinski definition) is 1. The molecular weight excluding hydrogens is 328 g/mol. The van der Waals surface area contributed by atoms with Crippen molar-refractivity contribution in [3.8, 4) is 6.07 Å². The van der Waals surface area contributed by atoms with Gasteiger partial charge in [-0.25, -0.2) is 18.1 Å². The van der Waals surface area contributed by atoms with Crippen molar-refractivity contribution < 1.29 is 13.2 Å². The summed E-state index contributed by atoms with van der Waals surface area (Å²) < 4.78 is 28.0. The van der Waals surface area contributed by atoms with E-state index in [2.05, 4.69) is 4.98 Å². The van der Waals surface area contributed by atoms with Crippen LogP contribution in [0.25, 0.3) is 5.65 Å². The highest BCUT2D eigenvalue weighted by molar-refractivity contribution is 7.89. The van der Waals surface area contributed by atoms with Crippen LogP contribution in [0.4, 0.5) is 0 Å². The molecule has 24 heavy (non-hydrogen) atoms. The summed E-state index contributed by atoms with van der Waals surface area (Å²) in [6.45, 7) is 0. The Balaban J connectivity index is 1.81. The van der Waals surface area contributed by atoms with Crippen molar-refractivity contribution in [2.75, 3.05) is 0 Å². The number of nitrogens with zero attached hydrogens (tertiary/aromatic N) is 3. The summed E-state index contributed by atoms with van der Waals surface area (Å²) in [6.07, 6.45) is 3.15. The van der Waals surface area contributed by atoms with Crippen LogP contribution in [-0.4, -0.2) is 23.7 Å². The van der Waals surface area contributed by atoms with E-state index in [9.17, 15) is 13.2 Å². The van der Waals surface area contributed by atoms with Crippen LogP contribution in [0.2, 0.25) is 0 Å². The molecule has 0 unspecified atom stereocenters. The zero-order chi connectivity index (χ0) is 17.2. The molecule has 3 rings (SSSR count). The van der Waals surface area contributed by atoms with Crippen LogP contribution in [-0.2, 0) is 15.8 Å². The quantitative estimate of drug-likeness (QED) is 0.774. The monoisotopic (exact) mass is 340 g/mol. The lowest BCUT2D eigenvalue weighted by Crippen LogP contribution is -2.32. The Hall–Kier alpha value is -3.18. The standard InChI is InChI=1S/C16H12N4O3S/c17-9-12-5-1-2-6-13(12)11-24(22,23)19-16(21)14-10-20-8-4-3-7-15(20)18-14/h1-8,10H,11H2,(H,19,21). The summed E-state index contributed by atoms with van der Waals surface area (Å²) in [5.41, 5.74) is 1.12. The van der Waals surface area contributed by atoms with E-state index in [-0.39, 0.29) is 11.3 Å². The number of imidazole rings is 1. The van der Waals surface area contributed by atoms with Gasteiger partial charge in [-0.2, -0.15) is 5.26 Å². The fourth-order valence-electron chi connectivity index (χ4n) is 2.23. The number of amides is 1. The zero-order valence-electron chi connectivity index (χ0n) is 12.4. The molecule has 120 valence electrons. The Morgan fingerprint density at radius 3 is 2.71 bits per heavy atom. The lowest BCUT2D eigenvalue weighted by Gasteiger charge is -2.06. The van der Waals surface area contributed by atoms with E-state index >= 15 is 0 Å². The summed E-state index contributed by atoms with van der Waals surface area (Å²) >= 11 is 0. The zero-order valence-corrected chi connectivity index (χ0v) is 13.2. The highest BCUT2D eigenvalue weighted by Crippen LogP contribution is 2.11. The molecule has 2 aromatic heterocycles. The Morgan fingerprint density at radius 2 is 1.96 bits per heavy atom. The molecule has 0 aliphatic rings. The summed E-state index contributed by atoms with van der Waals surface area (Å²) in [5.74, 6) is -1.27. The van der Waals surface area contributed by atoms with E-state index in [1.165, 1.54) is 18.3 Å². The van der Waals surface area contributed by atoms with Crippen molar-refractivity contribution in [3.05, 3.63) is 71.7 Å². The third-order valence-corrected chi connectivity index (χ3v) is 4.52. The molecule has 0 fully saturated rings. The van der Waals surface area contributed by atoms with Gasteiger partial charge < -0.3 is 4.40 Å². The first-order valence-electron chi connectivity index (χ1n) is 6.95. The number of nitrogens with one attached hydrogen (secondary N) is 1. The molecule has 0 atom stereocenters. The van der Waals surface area contributed by atoms with Gasteiger partial charge in [-0.3, -0.25) is 4.79 Å². The van der Waals surface area contributed by atoms with E-state index in [0.29, 0.717) is 11.2 Å². The van der Waals surface area contributed by atoms with E-state index in [0.717, 1.165) is 0 Å². The van der Waals surface area contributed by atoms with E-state index in [1.807, 2.05) is 10.8 Å². The molecule has 3 aromatic rings. The van der Waals surface area contributed by atoms with Gasteiger partial charge in [0.25, 0.3) is 5.91 Å². The number of rotatable bonds is 4. The lowest BCUT2D eigenvalue weighted by molar-refractivity contribution is 0.0977. The molecule has 0 radical (unpaired) electrons. The van der Waals surface area contributed by atoms with Gasteiger partial charge in [0.2, 0.25) is 10.0 Å². The number of carbonyl (C=O) groups excluding carboxylic acids is 1. The van der Waals surface area contributed by atoms with Gasteiger partial charge in [0.05, 0.1) is 17.4 Å². The number of aromatic nitrogens is 2. The molecule has 1 amide bonds. The summed E-state index contributed by atoms with van der Waals surface area (Å²) in [6, 6.07) is 13.5. The van der Waals surface area contributed by atoms with Crippen LogP contribution >= 0.6 is 0 Å². The minimum Gasteiger partial charge on any atom is -0.306 e. The Kier molecular flexibility index (Phi) is 4.02. The second-order valence-corrected chi connectivity index (χ2v) is 6.77. The van der Waals surface area contributed by atoms with Crippen molar-refractivity contribution >= 4 is 21.6 Å². The molecule has 0 saturated heterocycles. The third kappa shape index (κ3) is 3.26. The highest BCUT2D eigenvalue weighted by Gasteiger charge is 2.20. The third-order valence-electron chi connectivity index (χ3n) is 3.33. The minimum atomic E-state index is -3.95. The fourth-order valence-corrected chi connectivity index (χ4v) is 3.35. The van der Waals surface area contributed by atoms with Crippen LogP contribution in [0.3, 0.4) is 0 Å². The second-order valence-electron chi connectivity index (χ2n) is 5.05. The van der Waals surface area contributed by atoms with Crippen molar-refractivity contribution in [3.63, 3.8) is 0 Å². The van der Waals surface area contributed by atoms with Crippen molar-refractivity contribution in [1.29, 1.82) is 5.26 Å². The Bertz CT molecular complexity index is 1030. The number of benzene rings is 1. The average Bonchev–Trinajstić information content (AvgIpc) is 2.99. The molecule has 0 bridgehead atoms. The maximum atomic E-state index is 12.2. The van der Waals surface area contributed by atoms with Gasteiger partial charge in [0.15, 0.2) is 0 Å². The van der Waals surface area contributed by atoms with Gasteiger partial charge in [-0.05, 0) is 23.8 Å². The van der Waals surface area contributed by atoms with Gasteiger partial charge in [-0.15, -0.1) is 0 Å². The molecule has 0 saturated carbocycles. The first-order valence-corrected chi connectivity index (χ1v) is 8.60. The van der Waals surface area contributed by atoms with Gasteiger partial charge in [-0.1, -0.05) is 24.3 Å². The largest absolute Gasteiger partial charge is 0.306 e. The molecule has 8 heteroatoms. The molecule has 0 aliphatic heterocycles. The number of carbonyl (C=O) groups is 1. The smallest absolute Gasteiger partial charge is 0.284 e. The topological polar surface area (TPSA) is 104 Å². The number of hydrogen-bond acceptors (Lipinski definition) is 5. The van der Waals surface area contributed by atoms with Crippen LogP contribution < -0.4 is 4.72 Å².